The first-order chi connectivity index (χ1) is 14.3. The number of pyridine rings is 2. The average Bonchev–Trinajstić information content (AvgIpc) is 2.71. The highest BCUT2D eigenvalue weighted by atomic mass is 19.1. The minimum atomic E-state index is -1.01. The van der Waals surface area contributed by atoms with Crippen molar-refractivity contribution in [1.29, 1.82) is 0 Å². The van der Waals surface area contributed by atoms with Gasteiger partial charge in [0.25, 0.3) is 5.56 Å². The van der Waals surface area contributed by atoms with Gasteiger partial charge in [0.15, 0.2) is 0 Å². The van der Waals surface area contributed by atoms with Crippen LogP contribution in [-0.2, 0) is 0 Å². The van der Waals surface area contributed by atoms with E-state index in [9.17, 15) is 9.59 Å². The molecule has 1 saturated heterocycles. The topological polar surface area (TPSA) is 95.9 Å². The van der Waals surface area contributed by atoms with Gasteiger partial charge in [-0.15, -0.1) is 0 Å². The van der Waals surface area contributed by atoms with E-state index in [1.807, 2.05) is 32.6 Å². The van der Waals surface area contributed by atoms with Crippen molar-refractivity contribution >= 4 is 16.7 Å². The molecule has 1 fully saturated rings. The van der Waals surface area contributed by atoms with Gasteiger partial charge in [0, 0.05) is 38.1 Å². The Labute approximate surface area is 172 Å². The molecular formula is C21H25FN6O2. The number of aryl methyl sites for hydroxylation is 1. The molecule has 0 saturated carbocycles. The molecular weight excluding hydrogens is 387 g/mol. The SMILES string of the molecule is Cc1ccnc(C(C)C)c1-n1c(=O)nc(N2CCNC[C@@H]2C)c2c[nH]c(=O)c(F)c21. The van der Waals surface area contributed by atoms with Crippen LogP contribution >= 0.6 is 0 Å². The Hall–Kier alpha value is -3.07. The van der Waals surface area contributed by atoms with Gasteiger partial charge in [-0.05, 0) is 31.4 Å². The summed E-state index contributed by atoms with van der Waals surface area (Å²) in [7, 11) is 0. The number of hydrogen-bond donors (Lipinski definition) is 2. The third kappa shape index (κ3) is 3.19. The van der Waals surface area contributed by atoms with Crippen molar-refractivity contribution < 1.29 is 4.39 Å². The maximum Gasteiger partial charge on any atom is 0.354 e. The Balaban J connectivity index is 2.13. The summed E-state index contributed by atoms with van der Waals surface area (Å²) in [4.78, 5) is 38.7. The molecule has 4 heterocycles. The van der Waals surface area contributed by atoms with E-state index in [-0.39, 0.29) is 17.5 Å². The van der Waals surface area contributed by atoms with Gasteiger partial charge in [0.2, 0.25) is 5.82 Å². The predicted octanol–water partition coefficient (Wildman–Crippen LogP) is 1.84. The van der Waals surface area contributed by atoms with Crippen LogP contribution in [0.2, 0.25) is 0 Å². The molecule has 0 unspecified atom stereocenters. The summed E-state index contributed by atoms with van der Waals surface area (Å²) in [5.74, 6) is -0.642. The van der Waals surface area contributed by atoms with Crippen LogP contribution in [-0.4, -0.2) is 45.2 Å². The molecule has 0 radical (unpaired) electrons. The second-order valence-electron chi connectivity index (χ2n) is 8.01. The molecule has 2 N–H and O–H groups in total. The van der Waals surface area contributed by atoms with Crippen LogP contribution in [0.25, 0.3) is 16.6 Å². The first kappa shape index (κ1) is 20.2. The highest BCUT2D eigenvalue weighted by Crippen LogP contribution is 2.30. The lowest BCUT2D eigenvalue weighted by atomic mass is 10.0. The summed E-state index contributed by atoms with van der Waals surface area (Å²) in [6.45, 7) is 9.81. The number of fused-ring (bicyclic) bond motifs is 1. The number of rotatable bonds is 3. The Morgan fingerprint density at radius 2 is 2.07 bits per heavy atom. The lowest BCUT2D eigenvalue weighted by Crippen LogP contribution is -2.51. The molecule has 0 bridgehead atoms. The quantitative estimate of drug-likeness (QED) is 0.682. The summed E-state index contributed by atoms with van der Waals surface area (Å²) in [6.07, 6.45) is 3.10. The van der Waals surface area contributed by atoms with Crippen molar-refractivity contribution in [2.45, 2.75) is 39.7 Å². The van der Waals surface area contributed by atoms with Gasteiger partial charge in [-0.1, -0.05) is 13.8 Å². The molecule has 1 aliphatic rings. The number of halogens is 1. The Bertz CT molecular complexity index is 1230. The maximum absolute atomic E-state index is 15.3. The number of aromatic amines is 1. The highest BCUT2D eigenvalue weighted by Gasteiger charge is 2.27. The second kappa shape index (κ2) is 7.64. The third-order valence-corrected chi connectivity index (χ3v) is 5.57. The van der Waals surface area contributed by atoms with E-state index in [1.54, 1.807) is 12.3 Å². The largest absolute Gasteiger partial charge is 0.354 e. The van der Waals surface area contributed by atoms with E-state index in [1.165, 1.54) is 10.8 Å². The number of aromatic nitrogens is 4. The number of anilines is 1. The average molecular weight is 412 g/mol. The van der Waals surface area contributed by atoms with Gasteiger partial charge >= 0.3 is 5.69 Å². The minimum Gasteiger partial charge on any atom is -0.351 e. The smallest absolute Gasteiger partial charge is 0.351 e. The second-order valence-corrected chi connectivity index (χ2v) is 8.01. The molecule has 0 aromatic carbocycles. The third-order valence-electron chi connectivity index (χ3n) is 5.57. The minimum absolute atomic E-state index is 0.0141. The molecule has 0 amide bonds. The molecule has 3 aromatic rings. The fourth-order valence-electron chi connectivity index (χ4n) is 4.05. The first-order valence-corrected chi connectivity index (χ1v) is 10.1. The molecule has 0 aliphatic carbocycles. The normalized spacial score (nSPS) is 17.1. The van der Waals surface area contributed by atoms with Crippen LogP contribution in [0.5, 0.6) is 0 Å². The molecule has 9 heteroatoms. The van der Waals surface area contributed by atoms with Crippen molar-refractivity contribution in [3.8, 4) is 5.69 Å². The highest BCUT2D eigenvalue weighted by molar-refractivity contribution is 5.90. The van der Waals surface area contributed by atoms with Crippen molar-refractivity contribution in [2.24, 2.45) is 0 Å². The molecule has 1 atom stereocenters. The van der Waals surface area contributed by atoms with E-state index < -0.39 is 17.1 Å². The zero-order valence-corrected chi connectivity index (χ0v) is 17.5. The summed E-state index contributed by atoms with van der Waals surface area (Å²) in [5, 5.41) is 3.68. The van der Waals surface area contributed by atoms with Gasteiger partial charge in [0.05, 0.1) is 16.8 Å². The van der Waals surface area contributed by atoms with Gasteiger partial charge in [-0.3, -0.25) is 14.3 Å². The first-order valence-electron chi connectivity index (χ1n) is 10.1. The van der Waals surface area contributed by atoms with Crippen LogP contribution < -0.4 is 21.5 Å². The van der Waals surface area contributed by atoms with Crippen molar-refractivity contribution in [3.05, 3.63) is 56.4 Å². The van der Waals surface area contributed by atoms with E-state index in [4.69, 9.17) is 0 Å². The summed E-state index contributed by atoms with van der Waals surface area (Å²) >= 11 is 0. The van der Waals surface area contributed by atoms with Gasteiger partial charge in [0.1, 0.15) is 11.3 Å². The zero-order valence-electron chi connectivity index (χ0n) is 17.5. The monoisotopic (exact) mass is 412 g/mol. The Morgan fingerprint density at radius 1 is 1.30 bits per heavy atom. The van der Waals surface area contributed by atoms with Crippen LogP contribution in [0.3, 0.4) is 0 Å². The number of hydrogen-bond acceptors (Lipinski definition) is 6. The molecule has 1 aliphatic heterocycles. The number of piperazine rings is 1. The van der Waals surface area contributed by atoms with Crippen LogP contribution in [0, 0.1) is 12.7 Å². The van der Waals surface area contributed by atoms with Crippen molar-refractivity contribution in [3.63, 3.8) is 0 Å². The van der Waals surface area contributed by atoms with Gasteiger partial charge in [-0.2, -0.15) is 9.37 Å². The standard InChI is InChI=1S/C21H25FN6O2/c1-11(2)16-17(12(3)5-6-24-16)28-18-14(10-25-20(29)15(18)22)19(26-21(28)30)27-8-7-23-9-13(27)4/h5-6,10-11,13,23H,7-9H2,1-4H3,(H,25,29)/t13-/m0/s1. The summed E-state index contributed by atoms with van der Waals surface area (Å²) < 4.78 is 16.5. The summed E-state index contributed by atoms with van der Waals surface area (Å²) in [6, 6.07) is 1.82. The molecule has 4 rings (SSSR count). The van der Waals surface area contributed by atoms with Crippen molar-refractivity contribution in [2.75, 3.05) is 24.5 Å². The van der Waals surface area contributed by atoms with E-state index >= 15 is 4.39 Å². The number of nitrogens with zero attached hydrogens (tertiary/aromatic N) is 4. The molecule has 8 nitrogen and oxygen atoms in total. The molecule has 158 valence electrons. The summed E-state index contributed by atoms with van der Waals surface area (Å²) in [5.41, 5.74) is 0.279. The fraction of sp³-hybridized carbons (Fsp3) is 0.429. The predicted molar refractivity (Wildman–Crippen MR) is 114 cm³/mol. The zero-order chi connectivity index (χ0) is 21.6. The number of nitrogens with one attached hydrogen (secondary N) is 2. The fourth-order valence-corrected chi connectivity index (χ4v) is 4.05. The van der Waals surface area contributed by atoms with Crippen molar-refractivity contribution in [1.82, 2.24) is 24.8 Å². The lowest BCUT2D eigenvalue weighted by Gasteiger charge is -2.35. The lowest BCUT2D eigenvalue weighted by molar-refractivity contribution is 0.497. The van der Waals surface area contributed by atoms with Gasteiger partial charge in [-0.25, -0.2) is 4.79 Å². The molecule has 0 spiro atoms. The van der Waals surface area contributed by atoms with Crippen LogP contribution in [0.1, 0.15) is 37.9 Å². The van der Waals surface area contributed by atoms with Crippen LogP contribution in [0.4, 0.5) is 10.2 Å². The number of H-pyrrole nitrogens is 1. The Kier molecular flexibility index (Phi) is 5.15. The molecule has 3 aromatic heterocycles. The maximum atomic E-state index is 15.3. The molecule has 30 heavy (non-hydrogen) atoms. The van der Waals surface area contributed by atoms with Gasteiger partial charge < -0.3 is 15.2 Å². The van der Waals surface area contributed by atoms with E-state index in [2.05, 4.69) is 20.3 Å². The van der Waals surface area contributed by atoms with E-state index in [0.29, 0.717) is 29.1 Å². The van der Waals surface area contributed by atoms with E-state index in [0.717, 1.165) is 18.7 Å². The van der Waals surface area contributed by atoms with Crippen LogP contribution in [0.15, 0.2) is 28.0 Å². The Morgan fingerprint density at radius 3 is 2.77 bits per heavy atom.